The summed E-state index contributed by atoms with van der Waals surface area (Å²) in [5.74, 6) is -0.941. The van der Waals surface area contributed by atoms with Gasteiger partial charge in [-0.3, -0.25) is 0 Å². The summed E-state index contributed by atoms with van der Waals surface area (Å²) in [5.41, 5.74) is 1.59. The molecule has 1 aromatic carbocycles. The standard InChI is InChI=1S/C14H18ClNO2/c1-3-14(4-2)8-16(9-14)12-6-5-10(13(17)18)7-11(12)15/h5-7H,3-4,8-9H2,1-2H3,(H,17,18). The highest BCUT2D eigenvalue weighted by Gasteiger charge is 2.40. The maximum atomic E-state index is 10.8. The second-order valence-electron chi connectivity index (χ2n) is 5.03. The monoisotopic (exact) mass is 267 g/mol. The third-order valence-corrected chi connectivity index (χ3v) is 4.39. The molecule has 0 radical (unpaired) electrons. The molecule has 1 aliphatic heterocycles. The molecule has 0 saturated carbocycles. The highest BCUT2D eigenvalue weighted by atomic mass is 35.5. The first-order chi connectivity index (χ1) is 8.51. The highest BCUT2D eigenvalue weighted by molar-refractivity contribution is 6.33. The quantitative estimate of drug-likeness (QED) is 0.905. The van der Waals surface area contributed by atoms with Gasteiger partial charge in [0.2, 0.25) is 0 Å². The minimum absolute atomic E-state index is 0.238. The number of halogens is 1. The zero-order valence-electron chi connectivity index (χ0n) is 10.7. The van der Waals surface area contributed by atoms with Crippen LogP contribution in [0.1, 0.15) is 37.0 Å². The molecule has 1 fully saturated rings. The molecule has 18 heavy (non-hydrogen) atoms. The van der Waals surface area contributed by atoms with Gasteiger partial charge in [0.1, 0.15) is 0 Å². The fourth-order valence-corrected chi connectivity index (χ4v) is 2.83. The third-order valence-electron chi connectivity index (χ3n) is 4.09. The van der Waals surface area contributed by atoms with Crippen molar-refractivity contribution in [2.75, 3.05) is 18.0 Å². The lowest BCUT2D eigenvalue weighted by atomic mass is 9.75. The Morgan fingerprint density at radius 1 is 1.39 bits per heavy atom. The molecule has 1 heterocycles. The Bertz CT molecular complexity index is 461. The van der Waals surface area contributed by atoms with Crippen LogP contribution in [0, 0.1) is 5.41 Å². The average molecular weight is 268 g/mol. The lowest BCUT2D eigenvalue weighted by Crippen LogP contribution is -2.56. The van der Waals surface area contributed by atoms with Crippen molar-refractivity contribution in [3.63, 3.8) is 0 Å². The summed E-state index contributed by atoms with van der Waals surface area (Å²) >= 11 is 6.16. The Labute approximate surface area is 112 Å². The highest BCUT2D eigenvalue weighted by Crippen LogP contribution is 2.42. The largest absolute Gasteiger partial charge is 0.478 e. The predicted molar refractivity (Wildman–Crippen MR) is 73.6 cm³/mol. The van der Waals surface area contributed by atoms with E-state index in [1.54, 1.807) is 12.1 Å². The van der Waals surface area contributed by atoms with Gasteiger partial charge in [0.15, 0.2) is 0 Å². The van der Waals surface area contributed by atoms with Crippen LogP contribution in [0.4, 0.5) is 5.69 Å². The SMILES string of the molecule is CCC1(CC)CN(c2ccc(C(=O)O)cc2Cl)C1. The molecule has 0 atom stereocenters. The van der Waals surface area contributed by atoms with Gasteiger partial charge in [-0.05, 0) is 31.0 Å². The van der Waals surface area contributed by atoms with Crippen molar-refractivity contribution >= 4 is 23.3 Å². The van der Waals surface area contributed by atoms with Gasteiger partial charge in [0.05, 0.1) is 16.3 Å². The minimum atomic E-state index is -0.941. The summed E-state index contributed by atoms with van der Waals surface area (Å²) in [6.07, 6.45) is 2.34. The number of carbonyl (C=O) groups is 1. The van der Waals surface area contributed by atoms with Crippen LogP contribution in [0.25, 0.3) is 0 Å². The molecule has 0 spiro atoms. The van der Waals surface area contributed by atoms with Crippen LogP contribution in [0.15, 0.2) is 18.2 Å². The van der Waals surface area contributed by atoms with Crippen molar-refractivity contribution < 1.29 is 9.90 Å². The van der Waals surface area contributed by atoms with Crippen LogP contribution in [0.3, 0.4) is 0 Å². The molecule has 1 N–H and O–H groups in total. The van der Waals surface area contributed by atoms with Gasteiger partial charge in [-0.1, -0.05) is 25.4 Å². The lowest BCUT2D eigenvalue weighted by molar-refractivity contribution is 0.0697. The Kier molecular flexibility index (Phi) is 3.53. The van der Waals surface area contributed by atoms with Crippen molar-refractivity contribution in [3.8, 4) is 0 Å². The third kappa shape index (κ3) is 2.19. The molecule has 1 saturated heterocycles. The normalized spacial score (nSPS) is 17.4. The maximum absolute atomic E-state index is 10.8. The Morgan fingerprint density at radius 3 is 2.44 bits per heavy atom. The van der Waals surface area contributed by atoms with E-state index in [4.69, 9.17) is 16.7 Å². The molecular formula is C14H18ClNO2. The van der Waals surface area contributed by atoms with E-state index in [0.29, 0.717) is 10.4 Å². The molecule has 1 aliphatic rings. The molecule has 0 bridgehead atoms. The van der Waals surface area contributed by atoms with Crippen molar-refractivity contribution in [1.82, 2.24) is 0 Å². The van der Waals surface area contributed by atoms with Gasteiger partial charge in [-0.25, -0.2) is 4.79 Å². The number of carboxylic acids is 1. The first kappa shape index (κ1) is 13.2. The molecule has 0 amide bonds. The summed E-state index contributed by atoms with van der Waals surface area (Å²) < 4.78 is 0. The van der Waals surface area contributed by atoms with Crippen LogP contribution < -0.4 is 4.90 Å². The molecular weight excluding hydrogens is 250 g/mol. The van der Waals surface area contributed by atoms with E-state index in [2.05, 4.69) is 18.7 Å². The van der Waals surface area contributed by atoms with E-state index >= 15 is 0 Å². The number of nitrogens with zero attached hydrogens (tertiary/aromatic N) is 1. The molecule has 0 unspecified atom stereocenters. The number of carboxylic acid groups (broad SMARTS) is 1. The number of hydrogen-bond acceptors (Lipinski definition) is 2. The van der Waals surface area contributed by atoms with E-state index in [-0.39, 0.29) is 5.56 Å². The summed E-state index contributed by atoms with van der Waals surface area (Å²) in [7, 11) is 0. The average Bonchev–Trinajstić information content (AvgIpc) is 2.30. The van der Waals surface area contributed by atoms with Crippen molar-refractivity contribution in [2.24, 2.45) is 5.41 Å². The summed E-state index contributed by atoms with van der Waals surface area (Å²) in [6, 6.07) is 4.94. The molecule has 1 aromatic rings. The minimum Gasteiger partial charge on any atom is -0.478 e. The topological polar surface area (TPSA) is 40.5 Å². The molecule has 4 heteroatoms. The van der Waals surface area contributed by atoms with Crippen LogP contribution in [-0.2, 0) is 0 Å². The molecule has 98 valence electrons. The molecule has 2 rings (SSSR count). The Hall–Kier alpha value is -1.22. The van der Waals surface area contributed by atoms with E-state index < -0.39 is 5.97 Å². The van der Waals surface area contributed by atoms with E-state index in [9.17, 15) is 4.79 Å². The van der Waals surface area contributed by atoms with Crippen molar-refractivity contribution in [2.45, 2.75) is 26.7 Å². The maximum Gasteiger partial charge on any atom is 0.335 e. The lowest BCUT2D eigenvalue weighted by Gasteiger charge is -2.51. The number of hydrogen-bond donors (Lipinski definition) is 1. The number of rotatable bonds is 4. The Morgan fingerprint density at radius 2 is 2.00 bits per heavy atom. The number of anilines is 1. The van der Waals surface area contributed by atoms with Gasteiger partial charge in [0.25, 0.3) is 0 Å². The fraction of sp³-hybridized carbons (Fsp3) is 0.500. The summed E-state index contributed by atoms with van der Waals surface area (Å²) in [6.45, 7) is 6.45. The Balaban J connectivity index is 2.15. The van der Waals surface area contributed by atoms with Gasteiger partial charge in [-0.2, -0.15) is 0 Å². The molecule has 0 aromatic heterocycles. The van der Waals surface area contributed by atoms with Gasteiger partial charge >= 0.3 is 5.97 Å². The first-order valence-corrected chi connectivity index (χ1v) is 6.67. The van der Waals surface area contributed by atoms with E-state index in [0.717, 1.165) is 18.8 Å². The van der Waals surface area contributed by atoms with Gasteiger partial charge in [0, 0.05) is 18.5 Å². The second kappa shape index (κ2) is 4.81. The van der Waals surface area contributed by atoms with Crippen LogP contribution in [-0.4, -0.2) is 24.2 Å². The second-order valence-corrected chi connectivity index (χ2v) is 5.44. The molecule has 0 aliphatic carbocycles. The zero-order chi connectivity index (χ0) is 13.3. The van der Waals surface area contributed by atoms with Crippen molar-refractivity contribution in [1.29, 1.82) is 0 Å². The summed E-state index contributed by atoms with van der Waals surface area (Å²) in [4.78, 5) is 13.1. The van der Waals surface area contributed by atoms with E-state index in [1.807, 2.05) is 0 Å². The zero-order valence-corrected chi connectivity index (χ0v) is 11.5. The smallest absolute Gasteiger partial charge is 0.335 e. The number of benzene rings is 1. The summed E-state index contributed by atoms with van der Waals surface area (Å²) in [5, 5.41) is 9.42. The van der Waals surface area contributed by atoms with Gasteiger partial charge in [-0.15, -0.1) is 0 Å². The molecule has 3 nitrogen and oxygen atoms in total. The van der Waals surface area contributed by atoms with Crippen molar-refractivity contribution in [3.05, 3.63) is 28.8 Å². The fourth-order valence-electron chi connectivity index (χ4n) is 2.53. The van der Waals surface area contributed by atoms with E-state index in [1.165, 1.54) is 18.9 Å². The van der Waals surface area contributed by atoms with Crippen LogP contribution >= 0.6 is 11.6 Å². The number of aromatic carboxylic acids is 1. The van der Waals surface area contributed by atoms with Crippen LogP contribution in [0.2, 0.25) is 5.02 Å². The first-order valence-electron chi connectivity index (χ1n) is 6.29. The predicted octanol–water partition coefficient (Wildman–Crippen LogP) is 3.66. The van der Waals surface area contributed by atoms with Crippen LogP contribution in [0.5, 0.6) is 0 Å². The van der Waals surface area contributed by atoms with Gasteiger partial charge < -0.3 is 10.0 Å².